The van der Waals surface area contributed by atoms with Crippen molar-refractivity contribution < 1.29 is 23.4 Å². The lowest BCUT2D eigenvalue weighted by Gasteiger charge is -2.25. The number of halogens is 1. The molecule has 1 atom stereocenters. The van der Waals surface area contributed by atoms with Crippen LogP contribution in [0.15, 0.2) is 74.3 Å². The van der Waals surface area contributed by atoms with Crippen LogP contribution in [0, 0.1) is 0 Å². The van der Waals surface area contributed by atoms with Crippen molar-refractivity contribution in [1.82, 2.24) is 4.90 Å². The summed E-state index contributed by atoms with van der Waals surface area (Å²) in [6, 6.07) is 17.7. The molecule has 36 heavy (non-hydrogen) atoms. The number of hydrogen-bond donors (Lipinski definition) is 0. The zero-order chi connectivity index (χ0) is 24.8. The molecule has 3 heterocycles. The third-order valence-corrected chi connectivity index (χ3v) is 6.88. The minimum atomic E-state index is -0.613. The fourth-order valence-electron chi connectivity index (χ4n) is 4.70. The Hall–Kier alpha value is -3.78. The first-order valence-corrected chi connectivity index (χ1v) is 12.5. The molecule has 3 aromatic carbocycles. The molecule has 0 bridgehead atoms. The van der Waals surface area contributed by atoms with Crippen molar-refractivity contribution in [1.29, 1.82) is 0 Å². The second-order valence-electron chi connectivity index (χ2n) is 8.76. The first-order valence-electron chi connectivity index (χ1n) is 11.7. The minimum Gasteiger partial charge on any atom is -0.494 e. The predicted octanol–water partition coefficient (Wildman–Crippen LogP) is 5.82. The van der Waals surface area contributed by atoms with Crippen molar-refractivity contribution in [2.75, 3.05) is 13.4 Å². The quantitative estimate of drug-likeness (QED) is 0.302. The van der Waals surface area contributed by atoms with Gasteiger partial charge in [-0.25, -0.2) is 0 Å². The van der Waals surface area contributed by atoms with Crippen molar-refractivity contribution in [2.45, 2.75) is 25.9 Å². The van der Waals surface area contributed by atoms with Crippen LogP contribution in [0.1, 0.15) is 46.6 Å². The second-order valence-corrected chi connectivity index (χ2v) is 9.67. The van der Waals surface area contributed by atoms with Crippen LogP contribution in [-0.2, 0) is 6.54 Å². The molecule has 1 amide bonds. The predicted molar refractivity (Wildman–Crippen MR) is 137 cm³/mol. The molecule has 0 radical (unpaired) electrons. The van der Waals surface area contributed by atoms with Gasteiger partial charge in [-0.2, -0.15) is 0 Å². The van der Waals surface area contributed by atoms with E-state index in [1.54, 1.807) is 23.1 Å². The fraction of sp³-hybridized carbons (Fsp3) is 0.214. The maximum atomic E-state index is 13.7. The third kappa shape index (κ3) is 3.82. The molecule has 0 fully saturated rings. The largest absolute Gasteiger partial charge is 0.494 e. The summed E-state index contributed by atoms with van der Waals surface area (Å²) in [6.45, 7) is 3.09. The number of amides is 1. The smallest absolute Gasteiger partial charge is 0.291 e. The molecule has 0 N–H and O–H groups in total. The van der Waals surface area contributed by atoms with Crippen molar-refractivity contribution in [3.05, 3.63) is 97.8 Å². The summed E-state index contributed by atoms with van der Waals surface area (Å²) in [6.07, 6.45) is 0.902. The second kappa shape index (κ2) is 9.02. The van der Waals surface area contributed by atoms with Crippen LogP contribution in [0.5, 0.6) is 17.2 Å². The number of nitrogens with zero attached hydrogens (tertiary/aromatic N) is 1. The summed E-state index contributed by atoms with van der Waals surface area (Å²) in [4.78, 5) is 29.1. The van der Waals surface area contributed by atoms with E-state index in [2.05, 4.69) is 15.9 Å². The number of hydrogen-bond acceptors (Lipinski definition) is 6. The van der Waals surface area contributed by atoms with Crippen LogP contribution in [0.3, 0.4) is 0 Å². The van der Waals surface area contributed by atoms with Gasteiger partial charge in [-0.15, -0.1) is 0 Å². The van der Waals surface area contributed by atoms with Crippen molar-refractivity contribution in [3.8, 4) is 17.2 Å². The fourth-order valence-corrected chi connectivity index (χ4v) is 5.07. The number of rotatable bonds is 6. The molecular formula is C28H22BrNO6. The Balaban J connectivity index is 1.47. The summed E-state index contributed by atoms with van der Waals surface area (Å²) < 4.78 is 23.5. The lowest BCUT2D eigenvalue weighted by Crippen LogP contribution is -2.29. The number of carbonyl (C=O) groups excluding carboxylic acids is 1. The summed E-state index contributed by atoms with van der Waals surface area (Å²) in [5, 5.41) is 0.425. The summed E-state index contributed by atoms with van der Waals surface area (Å²) in [7, 11) is 0. The Kier molecular flexibility index (Phi) is 5.68. The Bertz CT molecular complexity index is 1540. The molecule has 2 aliphatic rings. The highest BCUT2D eigenvalue weighted by molar-refractivity contribution is 9.10. The van der Waals surface area contributed by atoms with Gasteiger partial charge in [0.25, 0.3) is 5.91 Å². The Morgan fingerprint density at radius 1 is 1.00 bits per heavy atom. The van der Waals surface area contributed by atoms with Crippen LogP contribution in [0.4, 0.5) is 0 Å². The molecule has 0 spiro atoms. The molecule has 0 saturated carbocycles. The van der Waals surface area contributed by atoms with Crippen LogP contribution < -0.4 is 19.6 Å². The standard InChI is InChI=1S/C28H22BrNO6/c1-2-11-33-19-7-4-17(5-8-19)25-24-26(31)20-13-18(29)6-10-21(20)36-27(24)28(32)30(25)14-16-3-9-22-23(12-16)35-15-34-22/h3-10,12-13,25H,2,11,14-15H2,1H3. The van der Waals surface area contributed by atoms with E-state index in [0.29, 0.717) is 34.6 Å². The molecule has 2 aliphatic heterocycles. The number of carbonyl (C=O) groups is 1. The number of ether oxygens (including phenoxy) is 3. The van der Waals surface area contributed by atoms with Crippen LogP contribution in [0.2, 0.25) is 0 Å². The highest BCUT2D eigenvalue weighted by Gasteiger charge is 2.42. The third-order valence-electron chi connectivity index (χ3n) is 6.39. The summed E-state index contributed by atoms with van der Waals surface area (Å²) >= 11 is 3.43. The van der Waals surface area contributed by atoms with E-state index in [0.717, 1.165) is 27.8 Å². The van der Waals surface area contributed by atoms with Gasteiger partial charge in [-0.1, -0.05) is 41.1 Å². The lowest BCUT2D eigenvalue weighted by molar-refractivity contribution is 0.0714. The van der Waals surface area contributed by atoms with E-state index >= 15 is 0 Å². The van der Waals surface area contributed by atoms with Gasteiger partial charge in [0, 0.05) is 11.0 Å². The van der Waals surface area contributed by atoms with Gasteiger partial charge in [0.1, 0.15) is 11.3 Å². The van der Waals surface area contributed by atoms with E-state index in [-0.39, 0.29) is 30.4 Å². The number of benzene rings is 3. The Morgan fingerprint density at radius 3 is 2.61 bits per heavy atom. The average molecular weight is 548 g/mol. The molecular weight excluding hydrogens is 526 g/mol. The molecule has 6 rings (SSSR count). The Morgan fingerprint density at radius 2 is 1.81 bits per heavy atom. The van der Waals surface area contributed by atoms with Gasteiger partial charge in [0.05, 0.1) is 23.6 Å². The first-order chi connectivity index (χ1) is 17.5. The van der Waals surface area contributed by atoms with Crippen LogP contribution in [0.25, 0.3) is 11.0 Å². The summed E-state index contributed by atoms with van der Waals surface area (Å²) in [5.41, 5.74) is 2.16. The molecule has 0 saturated heterocycles. The molecule has 7 nitrogen and oxygen atoms in total. The van der Waals surface area contributed by atoms with Crippen molar-refractivity contribution in [3.63, 3.8) is 0 Å². The van der Waals surface area contributed by atoms with E-state index < -0.39 is 6.04 Å². The molecule has 4 aromatic rings. The highest BCUT2D eigenvalue weighted by Crippen LogP contribution is 2.41. The maximum Gasteiger partial charge on any atom is 0.291 e. The monoisotopic (exact) mass is 547 g/mol. The van der Waals surface area contributed by atoms with Gasteiger partial charge in [-0.05, 0) is 60.0 Å². The highest BCUT2D eigenvalue weighted by atomic mass is 79.9. The first kappa shape index (κ1) is 22.7. The molecule has 8 heteroatoms. The van der Waals surface area contributed by atoms with E-state index in [1.807, 2.05) is 49.4 Å². The maximum absolute atomic E-state index is 13.7. The number of fused-ring (bicyclic) bond motifs is 3. The lowest BCUT2D eigenvalue weighted by atomic mass is 9.98. The van der Waals surface area contributed by atoms with Crippen molar-refractivity contribution in [2.24, 2.45) is 0 Å². The molecule has 0 aliphatic carbocycles. The molecule has 1 aromatic heterocycles. The molecule has 1 unspecified atom stereocenters. The average Bonchev–Trinajstić information content (AvgIpc) is 3.46. The summed E-state index contributed by atoms with van der Waals surface area (Å²) in [5.74, 6) is 1.79. The molecule has 182 valence electrons. The van der Waals surface area contributed by atoms with Crippen molar-refractivity contribution >= 4 is 32.8 Å². The van der Waals surface area contributed by atoms with E-state index in [1.165, 1.54) is 0 Å². The van der Waals surface area contributed by atoms with Gasteiger partial charge in [0.15, 0.2) is 16.9 Å². The van der Waals surface area contributed by atoms with E-state index in [9.17, 15) is 9.59 Å². The van der Waals surface area contributed by atoms with E-state index in [4.69, 9.17) is 18.6 Å². The topological polar surface area (TPSA) is 78.2 Å². The zero-order valence-electron chi connectivity index (χ0n) is 19.5. The normalized spacial score (nSPS) is 16.0. The van der Waals surface area contributed by atoms with Gasteiger partial charge in [0.2, 0.25) is 12.6 Å². The van der Waals surface area contributed by atoms with Gasteiger partial charge < -0.3 is 23.5 Å². The van der Waals surface area contributed by atoms with Gasteiger partial charge in [-0.3, -0.25) is 9.59 Å². The van der Waals surface area contributed by atoms with Crippen LogP contribution in [-0.4, -0.2) is 24.2 Å². The SMILES string of the molecule is CCCOc1ccc(C2c3c(oc4ccc(Br)cc4c3=O)C(=O)N2Cc2ccc3c(c2)OCO3)cc1. The minimum absolute atomic E-state index is 0.0758. The van der Waals surface area contributed by atoms with Crippen LogP contribution >= 0.6 is 15.9 Å². The van der Waals surface area contributed by atoms with Gasteiger partial charge >= 0.3 is 0 Å². The Labute approximate surface area is 215 Å². The zero-order valence-corrected chi connectivity index (χ0v) is 21.0.